The third-order valence-electron chi connectivity index (χ3n) is 11.7. The quantitative estimate of drug-likeness (QED) is 0.0774. The molecule has 4 aromatic rings. The smallest absolute Gasteiger partial charge is 0.312 e. The number of rotatable bonds is 4. The van der Waals surface area contributed by atoms with Gasteiger partial charge in [0.25, 0.3) is 11.7 Å². The number of hydrogen-bond acceptors (Lipinski definition) is 13. The molecular weight excluding hydrogens is 787 g/mol. The van der Waals surface area contributed by atoms with E-state index in [2.05, 4.69) is 5.32 Å². The molecule has 0 aliphatic carbocycles. The summed E-state index contributed by atoms with van der Waals surface area (Å²) in [6.45, 7) is 14.7. The number of amides is 1. The van der Waals surface area contributed by atoms with Gasteiger partial charge in [-0.05, 0) is 45.9 Å². The molecular formula is C46H55N3O12. The average molecular weight is 842 g/mol. The second-order valence-corrected chi connectivity index (χ2v) is 16.6. The van der Waals surface area contributed by atoms with Crippen molar-refractivity contribution in [3.8, 4) is 17.2 Å². The lowest BCUT2D eigenvalue weighted by atomic mass is 9.83. The number of benzene rings is 3. The van der Waals surface area contributed by atoms with Gasteiger partial charge in [-0.25, -0.2) is 4.98 Å². The van der Waals surface area contributed by atoms with E-state index >= 15 is 0 Å². The van der Waals surface area contributed by atoms with Crippen molar-refractivity contribution in [2.24, 2.45) is 24.8 Å². The number of hydrogen-bond donors (Lipinski definition) is 4. The molecule has 0 fully saturated rings. The maximum absolute atomic E-state index is 14.7. The molecule has 4 N–H and O–H groups in total. The Balaban J connectivity index is 1.62. The van der Waals surface area contributed by atoms with E-state index < -0.39 is 76.8 Å². The van der Waals surface area contributed by atoms with Gasteiger partial charge in [-0.2, -0.15) is 0 Å². The number of phenols is 1. The fourth-order valence-corrected chi connectivity index (χ4v) is 8.14. The summed E-state index contributed by atoms with van der Waals surface area (Å²) in [4.78, 5) is 60.3. The lowest BCUT2D eigenvalue weighted by molar-refractivity contribution is -0.158. The fourth-order valence-electron chi connectivity index (χ4n) is 8.14. The lowest BCUT2D eigenvalue weighted by Gasteiger charge is -2.35. The third-order valence-corrected chi connectivity index (χ3v) is 11.7. The molecule has 0 spiro atoms. The van der Waals surface area contributed by atoms with E-state index in [4.69, 9.17) is 28.7 Å². The van der Waals surface area contributed by atoms with Gasteiger partial charge in [0.2, 0.25) is 0 Å². The van der Waals surface area contributed by atoms with Gasteiger partial charge in [0.05, 0.1) is 63.7 Å². The van der Waals surface area contributed by atoms with Crippen LogP contribution in [0.2, 0.25) is 0 Å². The van der Waals surface area contributed by atoms with Crippen LogP contribution in [0.5, 0.6) is 17.2 Å². The van der Waals surface area contributed by atoms with Crippen molar-refractivity contribution >= 4 is 56.2 Å². The van der Waals surface area contributed by atoms with Crippen LogP contribution in [-0.2, 0) is 30.8 Å². The second kappa shape index (κ2) is 17.3. The Morgan fingerprint density at radius 3 is 2.41 bits per heavy atom. The molecule has 1 amide bonds. The fraction of sp³-hybridized carbons (Fsp3) is 0.457. The number of ether oxygens (including phenoxy) is 5. The van der Waals surface area contributed by atoms with Gasteiger partial charge in [0.15, 0.2) is 11.2 Å². The number of nitrogens with one attached hydrogen (secondary N) is 1. The Hall–Kier alpha value is -5.77. The molecule has 6 rings (SSSR count). The summed E-state index contributed by atoms with van der Waals surface area (Å²) in [5.41, 5.74) is 0.745. The molecule has 326 valence electrons. The van der Waals surface area contributed by atoms with Crippen LogP contribution in [0, 0.1) is 24.7 Å². The van der Waals surface area contributed by atoms with Crippen molar-refractivity contribution in [2.75, 3.05) is 12.4 Å². The highest BCUT2D eigenvalue weighted by atomic mass is 16.7. The molecule has 1 aromatic heterocycles. The number of methoxy groups -OCH3 is 1. The van der Waals surface area contributed by atoms with Crippen LogP contribution in [0.15, 0.2) is 59.1 Å². The Kier molecular flexibility index (Phi) is 12.7. The minimum Gasteiger partial charge on any atom is -0.505 e. The summed E-state index contributed by atoms with van der Waals surface area (Å²) in [6.07, 6.45) is 3.60. The molecule has 3 aromatic carbocycles. The minimum atomic E-state index is -2.02. The average Bonchev–Trinajstić information content (AvgIpc) is 3.46. The molecule has 0 radical (unpaired) electrons. The lowest BCUT2D eigenvalue weighted by Crippen LogP contribution is -2.43. The molecule has 0 saturated heterocycles. The summed E-state index contributed by atoms with van der Waals surface area (Å²) >= 11 is 0. The van der Waals surface area contributed by atoms with E-state index in [1.165, 1.54) is 46.3 Å². The monoisotopic (exact) mass is 841 g/mol. The van der Waals surface area contributed by atoms with Gasteiger partial charge in [-0.3, -0.25) is 19.2 Å². The normalized spacial score (nSPS) is 28.4. The number of esters is 1. The Morgan fingerprint density at radius 1 is 1.05 bits per heavy atom. The van der Waals surface area contributed by atoms with Crippen molar-refractivity contribution in [3.05, 3.63) is 75.7 Å². The number of Topliss-reactive ketones (excluding diaryl/α,β-unsaturated/α-hetero) is 1. The second-order valence-electron chi connectivity index (χ2n) is 16.6. The molecule has 61 heavy (non-hydrogen) atoms. The highest BCUT2D eigenvalue weighted by Crippen LogP contribution is 2.48. The summed E-state index contributed by atoms with van der Waals surface area (Å²) in [5.74, 6) is -5.69. The van der Waals surface area contributed by atoms with Gasteiger partial charge < -0.3 is 48.9 Å². The van der Waals surface area contributed by atoms with Crippen LogP contribution in [0.1, 0.15) is 77.7 Å². The first kappa shape index (κ1) is 44.8. The zero-order chi connectivity index (χ0) is 44.8. The molecule has 4 bridgehead atoms. The van der Waals surface area contributed by atoms with Crippen molar-refractivity contribution in [1.82, 2.24) is 9.55 Å². The number of nitrogens with zero attached hydrogens (tertiary/aromatic N) is 2. The van der Waals surface area contributed by atoms with Gasteiger partial charge in [-0.15, -0.1) is 0 Å². The molecule has 0 saturated carbocycles. The predicted molar refractivity (Wildman–Crippen MR) is 230 cm³/mol. The topological polar surface area (TPSA) is 205 Å². The van der Waals surface area contributed by atoms with Crippen molar-refractivity contribution in [3.63, 3.8) is 0 Å². The number of aromatic nitrogens is 2. The summed E-state index contributed by atoms with van der Waals surface area (Å²) in [5, 5.41) is 37.2. The Morgan fingerprint density at radius 2 is 1.75 bits per heavy atom. The van der Waals surface area contributed by atoms with Gasteiger partial charge in [-0.1, -0.05) is 39.0 Å². The van der Waals surface area contributed by atoms with E-state index in [0.717, 1.165) is 0 Å². The molecule has 2 aliphatic heterocycles. The zero-order valence-corrected chi connectivity index (χ0v) is 36.4. The molecule has 15 nitrogen and oxygen atoms in total. The van der Waals surface area contributed by atoms with Crippen LogP contribution in [0.4, 0.5) is 5.69 Å². The summed E-state index contributed by atoms with van der Waals surface area (Å²) in [7, 11) is 3.16. The Bertz CT molecular complexity index is 2570. The first-order valence-electron chi connectivity index (χ1n) is 20.3. The largest absolute Gasteiger partial charge is 0.505 e. The molecule has 0 unspecified atom stereocenters. The molecule has 15 heteroatoms. The third kappa shape index (κ3) is 8.33. The number of allylic oxidation sites excluding steroid dienone is 2. The maximum Gasteiger partial charge on any atom is 0.312 e. The standard InChI is InChI=1S/C46H55N3O12/c1-21(2)59-28-15-16-29-30(19-28)49(10)39-37(47-29)34-35-40(53)26(7)43-36(34)44(55)46(9,61-43)58-18-17-33(57-11)25(6)42(60-27(8)50)24(5)32(52)20-31(51)22(3)13-12-14-23(4)45(56)48-38(39)41(35)54/h12-19,21-22,24-25,31-33,42,51-52,54H,20H2,1-11H3,(H,48,56)/b13-12+,18-17+,23-14-/t22-,24+,25+,31+,32+,33-,42-,46-/m0/s1. The van der Waals surface area contributed by atoms with E-state index in [0.29, 0.717) is 16.8 Å². The van der Waals surface area contributed by atoms with Crippen molar-refractivity contribution < 1.29 is 53.4 Å². The highest BCUT2D eigenvalue weighted by Gasteiger charge is 2.49. The van der Waals surface area contributed by atoms with Gasteiger partial charge in [0.1, 0.15) is 23.3 Å². The van der Waals surface area contributed by atoms with Crippen LogP contribution >= 0.6 is 0 Å². The number of aliphatic hydroxyl groups excluding tert-OH is 2. The maximum atomic E-state index is 14.7. The van der Waals surface area contributed by atoms with E-state index in [1.807, 2.05) is 13.8 Å². The van der Waals surface area contributed by atoms with E-state index in [9.17, 15) is 34.5 Å². The van der Waals surface area contributed by atoms with Crippen LogP contribution in [-0.4, -0.2) is 85.9 Å². The summed E-state index contributed by atoms with van der Waals surface area (Å²) in [6, 6.07) is 5.26. The number of aryl methyl sites for hydroxylation is 1. The number of phenolic OH excluding ortho intramolecular Hbond substituents is 1. The van der Waals surface area contributed by atoms with E-state index in [-0.39, 0.29) is 62.5 Å². The number of anilines is 1. The van der Waals surface area contributed by atoms with Crippen LogP contribution in [0.3, 0.4) is 0 Å². The predicted octanol–water partition coefficient (Wildman–Crippen LogP) is 6.28. The number of carbonyl (C=O) groups excluding carboxylic acids is 3. The first-order chi connectivity index (χ1) is 28.7. The Labute approximate surface area is 353 Å². The minimum absolute atomic E-state index is 0.00905. The van der Waals surface area contributed by atoms with E-state index in [1.54, 1.807) is 69.7 Å². The first-order valence-corrected chi connectivity index (χ1v) is 20.3. The summed E-state index contributed by atoms with van der Waals surface area (Å²) < 4.78 is 31.5. The molecule has 8 atom stereocenters. The van der Waals surface area contributed by atoms with Crippen molar-refractivity contribution in [1.29, 1.82) is 0 Å². The number of aromatic hydroxyl groups is 1. The number of ketones is 1. The molecule has 3 heterocycles. The molecule has 2 aliphatic rings. The van der Waals surface area contributed by atoms with Crippen molar-refractivity contribution in [2.45, 2.75) is 105 Å². The zero-order valence-electron chi connectivity index (χ0n) is 36.4. The van der Waals surface area contributed by atoms with Crippen LogP contribution < -0.4 is 20.2 Å². The number of aliphatic hydroxyl groups is 2. The van der Waals surface area contributed by atoms with Gasteiger partial charge in [0, 0.05) is 74.8 Å². The highest BCUT2D eigenvalue weighted by molar-refractivity contribution is 6.27. The van der Waals surface area contributed by atoms with Crippen LogP contribution in [0.25, 0.3) is 32.8 Å². The SMILES string of the molecule is CO[C@H]1/C=C/O[C@@]2(C)Oc3c(C)c(=O)c4c(O)c(c5c(nc6ccc(OC(C)C)cc6n5C)c4c3C2=O)NC(=O)/C(C)=C\C=C\[C@H](C)[C@H](O)C[C@@H](O)[C@@H](C)[C@H](OC(C)=O)[C@@H]1C. The number of fused-ring (bicyclic) bond motifs is 2. The number of carbonyl (C=O) groups is 3. The van der Waals surface area contributed by atoms with Gasteiger partial charge >= 0.3 is 11.8 Å².